The lowest BCUT2D eigenvalue weighted by Crippen LogP contribution is -2.50. The number of hydrogen-bond acceptors (Lipinski definition) is 6. The van der Waals surface area contributed by atoms with Crippen molar-refractivity contribution in [1.29, 1.82) is 0 Å². The fraction of sp³-hybridized carbons (Fsp3) is 0.829. The molecular weight excluding hydrogens is 1040 g/mol. The second-order valence-electron chi connectivity index (χ2n) is 25.9. The van der Waals surface area contributed by atoms with Crippen LogP contribution >= 0.6 is 0 Å². The number of ether oxygens (including phenoxy) is 5. The Kier molecular flexibility index (Phi) is 49.8. The summed E-state index contributed by atoms with van der Waals surface area (Å²) >= 11 is 0. The number of amides is 1. The average molecular weight is 1170 g/mol. The smallest absolute Gasteiger partial charge is 0.405 e. The molecule has 1 saturated carbocycles. The molecule has 2 aromatic rings. The van der Waals surface area contributed by atoms with Gasteiger partial charge in [-0.15, -0.1) is 0 Å². The van der Waals surface area contributed by atoms with Crippen molar-refractivity contribution in [2.75, 3.05) is 33.5 Å². The van der Waals surface area contributed by atoms with Gasteiger partial charge in [0.15, 0.2) is 0 Å². The molecular formula is C76H135NO7. The molecule has 0 spiro atoms. The van der Waals surface area contributed by atoms with Crippen LogP contribution in [0.1, 0.15) is 359 Å². The maximum atomic E-state index is 11.9. The fourth-order valence-corrected chi connectivity index (χ4v) is 12.8. The van der Waals surface area contributed by atoms with Crippen molar-refractivity contribution in [1.82, 2.24) is 5.32 Å². The molecule has 3 atom stereocenters. The standard InChI is InChI=1S/C76H135NO7/c1-5-8-11-14-17-20-23-26-29-32-35-38-41-44-47-50-61-81-72-64-67(66-84-71-59-55-69(56-60-71)74(77-76(78)79)68-53-57-70(80-4)58-54-68)65-73(82-62-51-48-45-42-39-36-33-30-27-24-21-18-15-12-9-6-2)75(72)83-63-52-49-46-43-40-37-34-31-28-25-22-19-16-13-10-7-3/h53-60,67,72-75,77H,5-52,61-66H2,1-4H3,(H,78,79). The minimum atomic E-state index is -1.07. The molecule has 84 heavy (non-hydrogen) atoms. The van der Waals surface area contributed by atoms with E-state index in [1.807, 2.05) is 48.5 Å². The van der Waals surface area contributed by atoms with Crippen LogP contribution in [0.2, 0.25) is 0 Å². The largest absolute Gasteiger partial charge is 0.497 e. The topological polar surface area (TPSA) is 95.5 Å². The Balaban J connectivity index is 1.55. The van der Waals surface area contributed by atoms with Crippen LogP contribution in [0.15, 0.2) is 48.5 Å². The molecule has 0 saturated heterocycles. The summed E-state index contributed by atoms with van der Waals surface area (Å²) in [7, 11) is 1.63. The second kappa shape index (κ2) is 55.5. The number of rotatable bonds is 61. The Hall–Kier alpha value is -2.81. The molecule has 3 unspecified atom stereocenters. The number of carbonyl (C=O) groups is 1. The minimum absolute atomic E-state index is 0.0322. The lowest BCUT2D eigenvalue weighted by molar-refractivity contribution is -0.172. The van der Waals surface area contributed by atoms with Gasteiger partial charge >= 0.3 is 6.09 Å². The molecule has 486 valence electrons. The van der Waals surface area contributed by atoms with E-state index in [1.165, 1.54) is 289 Å². The maximum Gasteiger partial charge on any atom is 0.405 e. The van der Waals surface area contributed by atoms with Gasteiger partial charge in [-0.25, -0.2) is 4.79 Å². The van der Waals surface area contributed by atoms with Gasteiger partial charge in [-0.3, -0.25) is 0 Å². The summed E-state index contributed by atoms with van der Waals surface area (Å²) in [5.74, 6) is 1.77. The van der Waals surface area contributed by atoms with E-state index < -0.39 is 12.1 Å². The fourth-order valence-electron chi connectivity index (χ4n) is 12.8. The van der Waals surface area contributed by atoms with Gasteiger partial charge in [0.05, 0.1) is 32.0 Å². The summed E-state index contributed by atoms with van der Waals surface area (Å²) in [5.41, 5.74) is 1.69. The summed E-state index contributed by atoms with van der Waals surface area (Å²) in [5, 5.41) is 12.5. The van der Waals surface area contributed by atoms with Crippen molar-refractivity contribution >= 4 is 6.09 Å². The molecule has 2 aromatic carbocycles. The molecule has 0 heterocycles. The van der Waals surface area contributed by atoms with Gasteiger partial charge in [0.1, 0.15) is 17.6 Å². The van der Waals surface area contributed by atoms with Crippen LogP contribution in [0.25, 0.3) is 0 Å². The summed E-state index contributed by atoms with van der Waals surface area (Å²) in [6, 6.07) is 14.9. The molecule has 0 aromatic heterocycles. The number of hydrogen-bond donors (Lipinski definition) is 2. The summed E-state index contributed by atoms with van der Waals surface area (Å²) in [4.78, 5) is 11.9. The monoisotopic (exact) mass is 1170 g/mol. The van der Waals surface area contributed by atoms with Gasteiger partial charge in [-0.05, 0) is 73.4 Å². The van der Waals surface area contributed by atoms with Crippen LogP contribution in [-0.2, 0) is 14.2 Å². The Morgan fingerprint density at radius 1 is 0.393 bits per heavy atom. The maximum absolute atomic E-state index is 11.9. The van der Waals surface area contributed by atoms with Gasteiger partial charge < -0.3 is 34.1 Å². The van der Waals surface area contributed by atoms with Gasteiger partial charge in [0.2, 0.25) is 0 Å². The van der Waals surface area contributed by atoms with Gasteiger partial charge in [0.25, 0.3) is 0 Å². The average Bonchev–Trinajstić information content (AvgIpc) is 3.68. The van der Waals surface area contributed by atoms with E-state index in [0.717, 1.165) is 74.6 Å². The third-order valence-electron chi connectivity index (χ3n) is 18.2. The SMILES string of the molecule is CCCCCCCCCCCCCCCCCCOC1CC(COc2ccc(C(NC(=O)O)c3ccc(OC)cc3)cc2)CC(OCCCCCCCCCCCCCCCCCC)C1OCCCCCCCCCCCCCCCCCC. The van der Waals surface area contributed by atoms with E-state index >= 15 is 0 Å². The third-order valence-corrected chi connectivity index (χ3v) is 18.2. The van der Waals surface area contributed by atoms with Crippen LogP contribution < -0.4 is 14.8 Å². The van der Waals surface area contributed by atoms with E-state index in [9.17, 15) is 9.90 Å². The number of unbranched alkanes of at least 4 members (excludes halogenated alkanes) is 45. The highest BCUT2D eigenvalue weighted by Crippen LogP contribution is 2.34. The molecule has 8 nitrogen and oxygen atoms in total. The Morgan fingerprint density at radius 2 is 0.655 bits per heavy atom. The van der Waals surface area contributed by atoms with E-state index in [-0.39, 0.29) is 24.2 Å². The summed E-state index contributed by atoms with van der Waals surface area (Å²) in [6.45, 7) is 9.78. The van der Waals surface area contributed by atoms with Crippen LogP contribution in [0, 0.1) is 5.92 Å². The first-order valence-corrected chi connectivity index (χ1v) is 36.7. The van der Waals surface area contributed by atoms with Crippen LogP contribution in [-0.4, -0.2) is 63.0 Å². The molecule has 0 aliphatic heterocycles. The molecule has 1 aliphatic rings. The first-order chi connectivity index (χ1) is 41.5. The Labute approximate surface area is 519 Å². The Bertz CT molecular complexity index is 1660. The molecule has 1 amide bonds. The minimum Gasteiger partial charge on any atom is -0.497 e. The zero-order chi connectivity index (χ0) is 59.9. The van der Waals surface area contributed by atoms with E-state index in [4.69, 9.17) is 23.7 Å². The second-order valence-corrected chi connectivity index (χ2v) is 25.9. The predicted molar refractivity (Wildman–Crippen MR) is 359 cm³/mol. The lowest BCUT2D eigenvalue weighted by atomic mass is 9.83. The third kappa shape index (κ3) is 40.6. The molecule has 0 bridgehead atoms. The first kappa shape index (κ1) is 75.4. The highest BCUT2D eigenvalue weighted by molar-refractivity contribution is 5.66. The van der Waals surface area contributed by atoms with Gasteiger partial charge in [0, 0.05) is 19.8 Å². The number of carboxylic acid groups (broad SMARTS) is 1. The molecule has 1 aliphatic carbocycles. The van der Waals surface area contributed by atoms with Crippen molar-refractivity contribution in [3.8, 4) is 11.5 Å². The van der Waals surface area contributed by atoms with Crippen molar-refractivity contribution in [3.05, 3.63) is 59.7 Å². The van der Waals surface area contributed by atoms with Gasteiger partial charge in [-0.1, -0.05) is 334 Å². The molecule has 2 N–H and O–H groups in total. The van der Waals surface area contributed by atoms with Crippen molar-refractivity contribution in [2.24, 2.45) is 5.92 Å². The van der Waals surface area contributed by atoms with Crippen LogP contribution in [0.5, 0.6) is 11.5 Å². The number of benzene rings is 2. The molecule has 0 radical (unpaired) electrons. The predicted octanol–water partition coefficient (Wildman–Crippen LogP) is 23.8. The molecule has 3 rings (SSSR count). The van der Waals surface area contributed by atoms with E-state index in [0.29, 0.717) is 6.61 Å². The quantitative estimate of drug-likeness (QED) is 0.0637. The van der Waals surface area contributed by atoms with Crippen molar-refractivity contribution in [3.63, 3.8) is 0 Å². The normalized spacial score (nSPS) is 16.5. The lowest BCUT2D eigenvalue weighted by Gasteiger charge is -2.41. The zero-order valence-corrected chi connectivity index (χ0v) is 55.6. The molecule has 1 fully saturated rings. The molecule has 8 heteroatoms. The van der Waals surface area contributed by atoms with Crippen LogP contribution in [0.3, 0.4) is 0 Å². The first-order valence-electron chi connectivity index (χ1n) is 36.7. The highest BCUT2D eigenvalue weighted by atomic mass is 16.6. The highest BCUT2D eigenvalue weighted by Gasteiger charge is 2.40. The number of methoxy groups -OCH3 is 1. The van der Waals surface area contributed by atoms with Crippen LogP contribution in [0.4, 0.5) is 4.79 Å². The van der Waals surface area contributed by atoms with E-state index in [2.05, 4.69) is 26.1 Å². The summed E-state index contributed by atoms with van der Waals surface area (Å²) < 4.78 is 32.8. The summed E-state index contributed by atoms with van der Waals surface area (Å²) in [6.07, 6.45) is 66.0. The van der Waals surface area contributed by atoms with Crippen molar-refractivity contribution in [2.45, 2.75) is 366 Å². The Morgan fingerprint density at radius 3 is 0.929 bits per heavy atom. The van der Waals surface area contributed by atoms with E-state index in [1.54, 1.807) is 7.11 Å². The number of nitrogens with one attached hydrogen (secondary N) is 1. The zero-order valence-electron chi connectivity index (χ0n) is 55.6. The van der Waals surface area contributed by atoms with Gasteiger partial charge in [-0.2, -0.15) is 0 Å². The van der Waals surface area contributed by atoms with Crippen molar-refractivity contribution < 1.29 is 33.6 Å².